The molecule has 26 heavy (non-hydrogen) atoms. The summed E-state index contributed by atoms with van der Waals surface area (Å²) in [6, 6.07) is 18.7. The molecule has 0 aliphatic rings. The summed E-state index contributed by atoms with van der Waals surface area (Å²) in [6.45, 7) is 2.92. The van der Waals surface area contributed by atoms with Gasteiger partial charge in [0.05, 0.1) is 6.54 Å². The number of nitrogens with one attached hydrogen (secondary N) is 2. The normalized spacial score (nSPS) is 11.7. The van der Waals surface area contributed by atoms with Gasteiger partial charge in [-0.05, 0) is 31.3 Å². The lowest BCUT2D eigenvalue weighted by atomic mass is 10.1. The van der Waals surface area contributed by atoms with E-state index in [2.05, 4.69) is 15.5 Å². The molecule has 1 atom stereocenters. The van der Waals surface area contributed by atoms with Crippen molar-refractivity contribution in [2.45, 2.75) is 26.1 Å². The molecule has 0 radical (unpaired) electrons. The summed E-state index contributed by atoms with van der Waals surface area (Å²) < 4.78 is 8.32. The zero-order chi connectivity index (χ0) is 18.4. The van der Waals surface area contributed by atoms with E-state index in [4.69, 9.17) is 17.0 Å². The highest BCUT2D eigenvalue weighted by Crippen LogP contribution is 2.22. The number of ether oxygens (including phenoxy) is 1. The number of amides is 1. The lowest BCUT2D eigenvalue weighted by Gasteiger charge is -2.19. The van der Waals surface area contributed by atoms with Crippen LogP contribution in [0.5, 0.6) is 5.75 Å². The van der Waals surface area contributed by atoms with Crippen molar-refractivity contribution in [3.63, 3.8) is 0 Å². The van der Waals surface area contributed by atoms with E-state index < -0.39 is 6.10 Å². The third-order valence-corrected chi connectivity index (χ3v) is 4.22. The number of carbonyl (C=O) groups is 1. The van der Waals surface area contributed by atoms with Gasteiger partial charge in [-0.2, -0.15) is 5.10 Å². The Morgan fingerprint density at radius 1 is 1.19 bits per heavy atom. The number of hydrogen-bond acceptors (Lipinski definition) is 4. The zero-order valence-corrected chi connectivity index (χ0v) is 15.2. The third-order valence-electron chi connectivity index (χ3n) is 3.91. The third kappa shape index (κ3) is 4.18. The quantitative estimate of drug-likeness (QED) is 0.627. The highest BCUT2D eigenvalue weighted by atomic mass is 32.1. The Hall–Kier alpha value is -2.93. The van der Waals surface area contributed by atoms with E-state index in [-0.39, 0.29) is 12.5 Å². The van der Waals surface area contributed by atoms with Crippen LogP contribution < -0.4 is 10.1 Å². The van der Waals surface area contributed by atoms with Crippen molar-refractivity contribution in [3.05, 3.63) is 76.8 Å². The highest BCUT2D eigenvalue weighted by Gasteiger charge is 2.23. The van der Waals surface area contributed by atoms with Gasteiger partial charge in [0.1, 0.15) is 5.75 Å². The molecule has 6 nitrogen and oxygen atoms in total. The van der Waals surface area contributed by atoms with Gasteiger partial charge in [0.25, 0.3) is 5.91 Å². The lowest BCUT2D eigenvalue weighted by molar-refractivity contribution is -0.128. The number of benzene rings is 2. The number of hydrogen-bond donors (Lipinski definition) is 2. The molecular weight excluding hydrogens is 348 g/mol. The number of aromatic nitrogens is 3. The maximum atomic E-state index is 12.8. The molecule has 134 valence electrons. The van der Waals surface area contributed by atoms with Crippen LogP contribution in [0.15, 0.2) is 60.7 Å². The van der Waals surface area contributed by atoms with Crippen molar-refractivity contribution >= 4 is 18.1 Å². The minimum Gasteiger partial charge on any atom is -0.476 e. The average molecular weight is 368 g/mol. The van der Waals surface area contributed by atoms with Crippen molar-refractivity contribution < 1.29 is 9.53 Å². The maximum absolute atomic E-state index is 12.8. The van der Waals surface area contributed by atoms with Gasteiger partial charge < -0.3 is 14.6 Å². The first-order valence-electron chi connectivity index (χ1n) is 8.37. The summed E-state index contributed by atoms with van der Waals surface area (Å²) in [6.07, 6.45) is -0.754. The second-order valence-electron chi connectivity index (χ2n) is 5.63. The van der Waals surface area contributed by atoms with Crippen LogP contribution in [0.3, 0.4) is 0 Å². The van der Waals surface area contributed by atoms with E-state index in [1.807, 2.05) is 72.2 Å². The summed E-state index contributed by atoms with van der Waals surface area (Å²) in [5.74, 6) is 1.07. The molecule has 1 amide bonds. The molecule has 0 saturated heterocycles. The van der Waals surface area contributed by atoms with E-state index in [9.17, 15) is 4.79 Å². The second-order valence-corrected chi connectivity index (χ2v) is 6.02. The Labute approximate surface area is 156 Å². The van der Waals surface area contributed by atoms with Crippen LogP contribution in [0, 0.1) is 4.77 Å². The highest BCUT2D eigenvalue weighted by molar-refractivity contribution is 7.71. The molecule has 1 unspecified atom stereocenters. The molecule has 1 heterocycles. The molecule has 0 fully saturated rings. The molecular formula is C19H20N4O2S. The molecule has 0 saturated carbocycles. The molecule has 0 bridgehead atoms. The molecule has 2 N–H and O–H groups in total. The Balaban J connectivity index is 1.77. The van der Waals surface area contributed by atoms with Crippen LogP contribution in [-0.2, 0) is 17.9 Å². The minimum absolute atomic E-state index is 0.239. The van der Waals surface area contributed by atoms with Gasteiger partial charge in [0.2, 0.25) is 6.10 Å². The number of rotatable bonds is 7. The first-order chi connectivity index (χ1) is 12.7. The van der Waals surface area contributed by atoms with Crippen LogP contribution in [0.25, 0.3) is 0 Å². The summed E-state index contributed by atoms with van der Waals surface area (Å²) in [5.41, 5.74) is 0.781. The molecule has 2 aromatic carbocycles. The second kappa shape index (κ2) is 8.44. The smallest absolute Gasteiger partial charge is 0.266 e. The monoisotopic (exact) mass is 368 g/mol. The fourth-order valence-electron chi connectivity index (χ4n) is 2.61. The first-order valence-corrected chi connectivity index (χ1v) is 8.78. The van der Waals surface area contributed by atoms with Gasteiger partial charge in [-0.15, -0.1) is 0 Å². The Morgan fingerprint density at radius 2 is 1.85 bits per heavy atom. The van der Waals surface area contributed by atoms with Crippen LogP contribution in [0.2, 0.25) is 0 Å². The van der Waals surface area contributed by atoms with Crippen molar-refractivity contribution in [2.75, 3.05) is 0 Å². The van der Waals surface area contributed by atoms with Crippen molar-refractivity contribution in [3.8, 4) is 5.75 Å². The van der Waals surface area contributed by atoms with Gasteiger partial charge in [0, 0.05) is 12.1 Å². The van der Waals surface area contributed by atoms with E-state index >= 15 is 0 Å². The fourth-order valence-corrected chi connectivity index (χ4v) is 2.89. The van der Waals surface area contributed by atoms with Crippen molar-refractivity contribution in [2.24, 2.45) is 0 Å². The molecule has 0 spiro atoms. The van der Waals surface area contributed by atoms with Crippen molar-refractivity contribution in [1.82, 2.24) is 20.1 Å². The first kappa shape index (κ1) is 17.9. The Morgan fingerprint density at radius 3 is 2.50 bits per heavy atom. The van der Waals surface area contributed by atoms with Crippen LogP contribution in [0.4, 0.5) is 0 Å². The van der Waals surface area contributed by atoms with Crippen LogP contribution in [-0.4, -0.2) is 20.7 Å². The summed E-state index contributed by atoms with van der Waals surface area (Å²) in [7, 11) is 0. The number of nitrogens with zero attached hydrogens (tertiary/aromatic N) is 2. The standard InChI is InChI=1S/C19H20N4O2S/c1-2-23-16(21-22-19(23)26)13-20-18(24)17(14-9-5-3-6-10-14)25-15-11-7-4-8-12-15/h3-12,17H,2,13H2,1H3,(H,20,24)(H,22,26). The maximum Gasteiger partial charge on any atom is 0.266 e. The van der Waals surface area contributed by atoms with Crippen molar-refractivity contribution in [1.29, 1.82) is 0 Å². The van der Waals surface area contributed by atoms with Gasteiger partial charge in [-0.25, -0.2) is 0 Å². The molecule has 7 heteroatoms. The van der Waals surface area contributed by atoms with E-state index in [1.54, 1.807) is 0 Å². The number of carbonyl (C=O) groups excluding carboxylic acids is 1. The largest absolute Gasteiger partial charge is 0.476 e. The number of aromatic amines is 1. The molecule has 0 aliphatic heterocycles. The van der Waals surface area contributed by atoms with E-state index in [0.717, 1.165) is 5.56 Å². The predicted octanol–water partition coefficient (Wildman–Crippen LogP) is 3.40. The van der Waals surface area contributed by atoms with Crippen LogP contribution in [0.1, 0.15) is 24.4 Å². The molecule has 1 aromatic heterocycles. The topological polar surface area (TPSA) is 71.9 Å². The number of para-hydroxylation sites is 1. The zero-order valence-electron chi connectivity index (χ0n) is 14.4. The van der Waals surface area contributed by atoms with E-state index in [1.165, 1.54) is 0 Å². The summed E-state index contributed by atoms with van der Waals surface area (Å²) in [5, 5.41) is 9.80. The Kier molecular flexibility index (Phi) is 5.80. The van der Waals surface area contributed by atoms with Gasteiger partial charge in [0.15, 0.2) is 10.6 Å². The van der Waals surface area contributed by atoms with Gasteiger partial charge in [-0.3, -0.25) is 9.89 Å². The van der Waals surface area contributed by atoms with Gasteiger partial charge in [-0.1, -0.05) is 48.5 Å². The van der Waals surface area contributed by atoms with Gasteiger partial charge >= 0.3 is 0 Å². The predicted molar refractivity (Wildman–Crippen MR) is 101 cm³/mol. The Bertz CT molecular complexity index is 906. The summed E-state index contributed by atoms with van der Waals surface area (Å²) >= 11 is 5.17. The molecule has 3 aromatic rings. The van der Waals surface area contributed by atoms with E-state index in [0.29, 0.717) is 22.9 Å². The average Bonchev–Trinajstić information content (AvgIpc) is 3.05. The molecule has 3 rings (SSSR count). The van der Waals surface area contributed by atoms with Crippen LogP contribution >= 0.6 is 12.2 Å². The minimum atomic E-state index is -0.754. The number of H-pyrrole nitrogens is 1. The molecule has 0 aliphatic carbocycles. The fraction of sp³-hybridized carbons (Fsp3) is 0.211. The summed E-state index contributed by atoms with van der Waals surface area (Å²) in [4.78, 5) is 12.8. The SMILES string of the molecule is CCn1c(CNC(=O)C(Oc2ccccc2)c2ccccc2)n[nH]c1=S. The lowest BCUT2D eigenvalue weighted by Crippen LogP contribution is -2.33.